The monoisotopic (exact) mass is 328 g/mol. The molecule has 0 saturated heterocycles. The number of sulfonamides is 1. The van der Waals surface area contributed by atoms with Gasteiger partial charge in [-0.15, -0.1) is 0 Å². The second-order valence-corrected chi connectivity index (χ2v) is 6.60. The third-order valence-electron chi connectivity index (χ3n) is 3.34. The fourth-order valence-corrected chi connectivity index (χ4v) is 3.32. The van der Waals surface area contributed by atoms with Crippen LogP contribution in [-0.2, 0) is 10.0 Å². The van der Waals surface area contributed by atoms with Gasteiger partial charge < -0.3 is 0 Å². The summed E-state index contributed by atoms with van der Waals surface area (Å²) in [6.45, 7) is 0. The number of nitro groups is 1. The van der Waals surface area contributed by atoms with Gasteiger partial charge in [0.1, 0.15) is 0 Å². The number of nitro benzene ring substituents is 1. The van der Waals surface area contributed by atoms with E-state index in [2.05, 4.69) is 4.72 Å². The number of nitrogens with one attached hydrogen (secondary N) is 1. The third-order valence-corrected chi connectivity index (χ3v) is 4.72. The van der Waals surface area contributed by atoms with Crippen molar-refractivity contribution in [2.24, 2.45) is 0 Å². The van der Waals surface area contributed by atoms with Crippen LogP contribution in [0.4, 0.5) is 11.4 Å². The van der Waals surface area contributed by atoms with E-state index in [-0.39, 0.29) is 10.6 Å². The first-order valence-electron chi connectivity index (χ1n) is 6.72. The average molecular weight is 328 g/mol. The number of nitrogens with zero attached hydrogens (tertiary/aromatic N) is 1. The van der Waals surface area contributed by atoms with E-state index in [9.17, 15) is 18.5 Å². The molecule has 0 atom stereocenters. The van der Waals surface area contributed by atoms with Crippen molar-refractivity contribution in [3.8, 4) is 0 Å². The quantitative estimate of drug-likeness (QED) is 0.586. The van der Waals surface area contributed by atoms with Gasteiger partial charge in [0.2, 0.25) is 0 Å². The van der Waals surface area contributed by atoms with Gasteiger partial charge >= 0.3 is 0 Å². The smallest absolute Gasteiger partial charge is 0.270 e. The zero-order valence-corrected chi connectivity index (χ0v) is 12.7. The number of rotatable bonds is 4. The maximum absolute atomic E-state index is 12.4. The van der Waals surface area contributed by atoms with E-state index in [1.807, 2.05) is 24.3 Å². The van der Waals surface area contributed by atoms with Crippen LogP contribution >= 0.6 is 0 Å². The normalized spacial score (nSPS) is 11.3. The maximum Gasteiger partial charge on any atom is 0.270 e. The molecule has 23 heavy (non-hydrogen) atoms. The molecule has 0 fully saturated rings. The van der Waals surface area contributed by atoms with E-state index in [0.29, 0.717) is 5.69 Å². The predicted molar refractivity (Wildman–Crippen MR) is 87.9 cm³/mol. The molecule has 0 unspecified atom stereocenters. The van der Waals surface area contributed by atoms with Crippen LogP contribution < -0.4 is 4.72 Å². The highest BCUT2D eigenvalue weighted by Gasteiger charge is 2.17. The molecule has 116 valence electrons. The molecule has 3 aromatic carbocycles. The van der Waals surface area contributed by atoms with Crippen LogP contribution in [0.5, 0.6) is 0 Å². The van der Waals surface area contributed by atoms with Gasteiger partial charge in [0, 0.05) is 17.8 Å². The van der Waals surface area contributed by atoms with Crippen molar-refractivity contribution in [1.29, 1.82) is 0 Å². The van der Waals surface area contributed by atoms with Gasteiger partial charge in [0.15, 0.2) is 0 Å². The van der Waals surface area contributed by atoms with Gasteiger partial charge in [-0.2, -0.15) is 0 Å². The Labute approximate surface area is 132 Å². The van der Waals surface area contributed by atoms with E-state index in [0.717, 1.165) is 16.8 Å². The Morgan fingerprint density at radius 3 is 2.35 bits per heavy atom. The Kier molecular flexibility index (Phi) is 3.71. The molecule has 0 bridgehead atoms. The predicted octanol–water partition coefficient (Wildman–Crippen LogP) is 3.55. The second-order valence-electron chi connectivity index (χ2n) is 4.92. The third kappa shape index (κ3) is 3.14. The first-order valence-corrected chi connectivity index (χ1v) is 8.20. The molecule has 0 spiro atoms. The molecule has 7 heteroatoms. The van der Waals surface area contributed by atoms with Crippen molar-refractivity contribution in [2.75, 3.05) is 4.72 Å². The largest absolute Gasteiger partial charge is 0.280 e. The molecule has 3 rings (SSSR count). The molecule has 0 aliphatic rings. The lowest BCUT2D eigenvalue weighted by Gasteiger charge is -2.09. The molecule has 3 aromatic rings. The Balaban J connectivity index is 1.96. The van der Waals surface area contributed by atoms with Crippen LogP contribution in [0, 0.1) is 10.1 Å². The van der Waals surface area contributed by atoms with Crippen molar-refractivity contribution in [1.82, 2.24) is 0 Å². The molecule has 0 aromatic heterocycles. The van der Waals surface area contributed by atoms with Crippen molar-refractivity contribution in [3.05, 3.63) is 76.8 Å². The molecule has 1 N–H and O–H groups in total. The van der Waals surface area contributed by atoms with Crippen LogP contribution in [-0.4, -0.2) is 13.3 Å². The standard InChI is InChI=1S/C16H12N2O4S/c19-18(20)15-6-3-7-16(11-15)23(21,22)17-14-9-8-12-4-1-2-5-13(12)10-14/h1-11,17H. The first kappa shape index (κ1) is 15.0. The Morgan fingerprint density at radius 2 is 1.61 bits per heavy atom. The van der Waals surface area contributed by atoms with Crippen molar-refractivity contribution < 1.29 is 13.3 Å². The lowest BCUT2D eigenvalue weighted by Crippen LogP contribution is -2.13. The molecule has 0 amide bonds. The second kappa shape index (κ2) is 5.69. The van der Waals surface area contributed by atoms with E-state index in [1.165, 1.54) is 18.2 Å². The summed E-state index contributed by atoms with van der Waals surface area (Å²) in [5.41, 5.74) is 0.126. The summed E-state index contributed by atoms with van der Waals surface area (Å²) in [5, 5.41) is 12.7. The highest BCUT2D eigenvalue weighted by molar-refractivity contribution is 7.92. The lowest BCUT2D eigenvalue weighted by molar-refractivity contribution is -0.385. The summed E-state index contributed by atoms with van der Waals surface area (Å²) in [5.74, 6) is 0. The van der Waals surface area contributed by atoms with E-state index < -0.39 is 14.9 Å². The molecule has 0 aliphatic heterocycles. The van der Waals surface area contributed by atoms with Gasteiger partial charge in [-0.1, -0.05) is 36.4 Å². The van der Waals surface area contributed by atoms with Gasteiger partial charge in [-0.05, 0) is 29.0 Å². The Hall–Kier alpha value is -2.93. The molecule has 0 heterocycles. The zero-order valence-electron chi connectivity index (χ0n) is 11.8. The van der Waals surface area contributed by atoms with E-state index in [1.54, 1.807) is 18.2 Å². The van der Waals surface area contributed by atoms with E-state index in [4.69, 9.17) is 0 Å². The molecule has 0 saturated carbocycles. The summed E-state index contributed by atoms with van der Waals surface area (Å²) in [4.78, 5) is 9.99. The number of anilines is 1. The highest BCUT2D eigenvalue weighted by Crippen LogP contribution is 2.23. The molecular formula is C16H12N2O4S. The number of hydrogen-bond acceptors (Lipinski definition) is 4. The van der Waals surface area contributed by atoms with Crippen molar-refractivity contribution >= 4 is 32.2 Å². The summed E-state index contributed by atoms with van der Waals surface area (Å²) < 4.78 is 27.2. The van der Waals surface area contributed by atoms with Crippen molar-refractivity contribution in [3.63, 3.8) is 0 Å². The number of benzene rings is 3. The number of fused-ring (bicyclic) bond motifs is 1. The maximum atomic E-state index is 12.4. The fraction of sp³-hybridized carbons (Fsp3) is 0. The molecule has 0 aliphatic carbocycles. The lowest BCUT2D eigenvalue weighted by atomic mass is 10.1. The minimum Gasteiger partial charge on any atom is -0.280 e. The van der Waals surface area contributed by atoms with E-state index >= 15 is 0 Å². The van der Waals surface area contributed by atoms with Crippen LogP contribution in [0.2, 0.25) is 0 Å². The van der Waals surface area contributed by atoms with Gasteiger partial charge in [0.25, 0.3) is 15.7 Å². The molecule has 6 nitrogen and oxygen atoms in total. The Morgan fingerprint density at radius 1 is 0.870 bits per heavy atom. The minimum absolute atomic E-state index is 0.153. The van der Waals surface area contributed by atoms with Crippen LogP contribution in [0.3, 0.4) is 0 Å². The van der Waals surface area contributed by atoms with Gasteiger partial charge in [-0.25, -0.2) is 8.42 Å². The summed E-state index contributed by atoms with van der Waals surface area (Å²) in [7, 11) is -3.89. The van der Waals surface area contributed by atoms with Crippen LogP contribution in [0.1, 0.15) is 0 Å². The Bertz CT molecular complexity index is 1000. The highest BCUT2D eigenvalue weighted by atomic mass is 32.2. The van der Waals surface area contributed by atoms with Gasteiger partial charge in [0.05, 0.1) is 9.82 Å². The first-order chi connectivity index (χ1) is 11.0. The topological polar surface area (TPSA) is 89.3 Å². The minimum atomic E-state index is -3.89. The summed E-state index contributed by atoms with van der Waals surface area (Å²) in [6.07, 6.45) is 0. The molecular weight excluding hydrogens is 316 g/mol. The average Bonchev–Trinajstić information content (AvgIpc) is 2.54. The van der Waals surface area contributed by atoms with Crippen LogP contribution in [0.25, 0.3) is 10.8 Å². The fourth-order valence-electron chi connectivity index (χ4n) is 2.23. The number of non-ortho nitro benzene ring substituents is 1. The molecule has 0 radical (unpaired) electrons. The summed E-state index contributed by atoms with van der Waals surface area (Å²) >= 11 is 0. The van der Waals surface area contributed by atoms with Gasteiger partial charge in [-0.3, -0.25) is 14.8 Å². The zero-order chi connectivity index (χ0) is 16.4. The van der Waals surface area contributed by atoms with Crippen LogP contribution in [0.15, 0.2) is 71.6 Å². The number of hydrogen-bond donors (Lipinski definition) is 1. The SMILES string of the molecule is O=[N+]([O-])c1cccc(S(=O)(=O)Nc2ccc3ccccc3c2)c1. The van der Waals surface area contributed by atoms with Crippen molar-refractivity contribution in [2.45, 2.75) is 4.90 Å². The summed E-state index contributed by atoms with van der Waals surface area (Å²) in [6, 6.07) is 17.7.